The number of pyridine rings is 1. The van der Waals surface area contributed by atoms with Gasteiger partial charge in [0.15, 0.2) is 0 Å². The van der Waals surface area contributed by atoms with Crippen molar-refractivity contribution >= 4 is 5.91 Å². The van der Waals surface area contributed by atoms with E-state index in [2.05, 4.69) is 21.3 Å². The maximum absolute atomic E-state index is 12.2. The van der Waals surface area contributed by atoms with Gasteiger partial charge in [-0.25, -0.2) is 0 Å². The fraction of sp³-hybridized carbons (Fsp3) is 0.429. The van der Waals surface area contributed by atoms with Gasteiger partial charge in [0.1, 0.15) is 11.5 Å². The molecule has 0 radical (unpaired) electrons. The van der Waals surface area contributed by atoms with Crippen molar-refractivity contribution in [1.82, 2.24) is 15.2 Å². The third-order valence-corrected chi connectivity index (χ3v) is 4.62. The highest BCUT2D eigenvalue weighted by Gasteiger charge is 2.25. The number of aromatic nitrogens is 1. The predicted molar refractivity (Wildman–Crippen MR) is 102 cm³/mol. The molecule has 5 heteroatoms. The molecule has 1 aliphatic rings. The van der Waals surface area contributed by atoms with Gasteiger partial charge in [0.25, 0.3) is 0 Å². The Balaban J connectivity index is 1.58. The molecule has 2 aromatic rings. The highest BCUT2D eigenvalue weighted by Crippen LogP contribution is 2.27. The van der Waals surface area contributed by atoms with Crippen molar-refractivity contribution in [2.75, 3.05) is 13.1 Å². The van der Waals surface area contributed by atoms with Crippen LogP contribution in [0.25, 0.3) is 0 Å². The number of likely N-dealkylation sites (tertiary alicyclic amines) is 1. The molecule has 0 saturated carbocycles. The summed E-state index contributed by atoms with van der Waals surface area (Å²) in [6.07, 6.45) is 5.27. The Morgan fingerprint density at radius 1 is 1.23 bits per heavy atom. The average Bonchev–Trinajstić information content (AvgIpc) is 2.64. The number of benzene rings is 1. The normalized spacial score (nSPS) is 15.8. The zero-order valence-electron chi connectivity index (χ0n) is 15.5. The second-order valence-corrected chi connectivity index (χ2v) is 7.11. The lowest BCUT2D eigenvalue weighted by molar-refractivity contribution is -0.127. The van der Waals surface area contributed by atoms with E-state index in [1.165, 1.54) is 0 Å². The van der Waals surface area contributed by atoms with Crippen molar-refractivity contribution in [3.8, 4) is 11.5 Å². The van der Waals surface area contributed by atoms with Crippen LogP contribution in [0.4, 0.5) is 0 Å². The summed E-state index contributed by atoms with van der Waals surface area (Å²) in [5.74, 6) is 1.93. The summed E-state index contributed by atoms with van der Waals surface area (Å²) < 4.78 is 6.00. The molecule has 1 aromatic heterocycles. The van der Waals surface area contributed by atoms with Crippen molar-refractivity contribution in [2.24, 2.45) is 5.92 Å². The Labute approximate surface area is 155 Å². The number of hydrogen-bond donors (Lipinski definition) is 1. The van der Waals surface area contributed by atoms with Gasteiger partial charge in [0.05, 0.1) is 6.20 Å². The largest absolute Gasteiger partial charge is 0.455 e. The first-order chi connectivity index (χ1) is 12.6. The second-order valence-electron chi connectivity index (χ2n) is 7.11. The Bertz CT molecular complexity index is 710. The van der Waals surface area contributed by atoms with E-state index >= 15 is 0 Å². The average molecular weight is 353 g/mol. The first kappa shape index (κ1) is 18.4. The summed E-state index contributed by atoms with van der Waals surface area (Å²) in [6, 6.07) is 12.1. The molecule has 1 saturated heterocycles. The first-order valence-electron chi connectivity index (χ1n) is 9.30. The number of para-hydroxylation sites is 1. The van der Waals surface area contributed by atoms with Crippen molar-refractivity contribution in [3.63, 3.8) is 0 Å². The summed E-state index contributed by atoms with van der Waals surface area (Å²) in [6.45, 7) is 6.70. The van der Waals surface area contributed by atoms with Crippen molar-refractivity contribution in [2.45, 2.75) is 39.3 Å². The molecule has 3 rings (SSSR count). The summed E-state index contributed by atoms with van der Waals surface area (Å²) in [5.41, 5.74) is 1.15. The third kappa shape index (κ3) is 5.05. The highest BCUT2D eigenvalue weighted by atomic mass is 16.5. The summed E-state index contributed by atoms with van der Waals surface area (Å²) >= 11 is 0. The van der Waals surface area contributed by atoms with Crippen LogP contribution in [0, 0.1) is 5.92 Å². The van der Waals surface area contributed by atoms with Gasteiger partial charge < -0.3 is 10.1 Å². The molecule has 0 unspecified atom stereocenters. The second kappa shape index (κ2) is 8.81. The van der Waals surface area contributed by atoms with Gasteiger partial charge in [-0.15, -0.1) is 0 Å². The van der Waals surface area contributed by atoms with Crippen LogP contribution in [0.1, 0.15) is 32.3 Å². The molecule has 138 valence electrons. The maximum atomic E-state index is 12.2. The lowest BCUT2D eigenvalue weighted by Crippen LogP contribution is -2.42. The summed E-state index contributed by atoms with van der Waals surface area (Å²) in [4.78, 5) is 18.7. The fourth-order valence-corrected chi connectivity index (χ4v) is 3.26. The zero-order valence-corrected chi connectivity index (χ0v) is 15.5. The highest BCUT2D eigenvalue weighted by molar-refractivity contribution is 5.78. The maximum Gasteiger partial charge on any atom is 0.223 e. The van der Waals surface area contributed by atoms with Crippen LogP contribution < -0.4 is 10.1 Å². The quantitative estimate of drug-likeness (QED) is 0.862. The summed E-state index contributed by atoms with van der Waals surface area (Å²) in [5, 5.41) is 3.03. The minimum Gasteiger partial charge on any atom is -0.455 e. The Morgan fingerprint density at radius 3 is 2.69 bits per heavy atom. The van der Waals surface area contributed by atoms with Crippen molar-refractivity contribution < 1.29 is 9.53 Å². The van der Waals surface area contributed by atoms with E-state index in [1.54, 1.807) is 12.4 Å². The monoisotopic (exact) mass is 353 g/mol. The van der Waals surface area contributed by atoms with Crippen LogP contribution >= 0.6 is 0 Å². The SMILES string of the molecule is CC(C)NC(=O)C1CCN(Cc2ccccc2Oc2cccnc2)CC1. The molecule has 2 heterocycles. The number of carbonyl (C=O) groups is 1. The van der Waals surface area contributed by atoms with Gasteiger partial charge in [0, 0.05) is 30.3 Å². The van der Waals surface area contributed by atoms with Gasteiger partial charge in [-0.05, 0) is 58.0 Å². The van der Waals surface area contributed by atoms with Gasteiger partial charge in [-0.1, -0.05) is 18.2 Å². The lowest BCUT2D eigenvalue weighted by atomic mass is 9.95. The van der Waals surface area contributed by atoms with E-state index in [-0.39, 0.29) is 17.9 Å². The van der Waals surface area contributed by atoms with Gasteiger partial charge in [-0.2, -0.15) is 0 Å². The van der Waals surface area contributed by atoms with Crippen molar-refractivity contribution in [3.05, 3.63) is 54.4 Å². The van der Waals surface area contributed by atoms with E-state index in [1.807, 2.05) is 44.2 Å². The number of piperidine rings is 1. The van der Waals surface area contributed by atoms with E-state index < -0.39 is 0 Å². The topological polar surface area (TPSA) is 54.5 Å². The number of rotatable bonds is 6. The molecule has 0 aliphatic carbocycles. The molecule has 0 spiro atoms. The van der Waals surface area contributed by atoms with Crippen LogP contribution in [0.2, 0.25) is 0 Å². The molecule has 1 N–H and O–H groups in total. The van der Waals surface area contributed by atoms with Crippen LogP contribution in [0.5, 0.6) is 11.5 Å². The number of amides is 1. The number of carbonyl (C=O) groups excluding carboxylic acids is 1. The number of nitrogens with one attached hydrogen (secondary N) is 1. The standard InChI is InChI=1S/C21H27N3O2/c1-16(2)23-21(25)17-9-12-24(13-10-17)15-18-6-3-4-8-20(18)26-19-7-5-11-22-14-19/h3-8,11,14,16-17H,9-10,12-13,15H2,1-2H3,(H,23,25). The first-order valence-corrected chi connectivity index (χ1v) is 9.30. The molecule has 1 amide bonds. The molecular weight excluding hydrogens is 326 g/mol. The fourth-order valence-electron chi connectivity index (χ4n) is 3.26. The van der Waals surface area contributed by atoms with Gasteiger partial charge >= 0.3 is 0 Å². The Kier molecular flexibility index (Phi) is 6.23. The number of nitrogens with zero attached hydrogens (tertiary/aromatic N) is 2. The molecule has 0 atom stereocenters. The van der Waals surface area contributed by atoms with Crippen molar-refractivity contribution in [1.29, 1.82) is 0 Å². The third-order valence-electron chi connectivity index (χ3n) is 4.62. The molecule has 1 aliphatic heterocycles. The Hall–Kier alpha value is -2.40. The molecule has 1 aromatic carbocycles. The van der Waals surface area contributed by atoms with E-state index in [0.29, 0.717) is 0 Å². The lowest BCUT2D eigenvalue weighted by Gasteiger charge is -2.32. The Morgan fingerprint density at radius 2 is 2.00 bits per heavy atom. The summed E-state index contributed by atoms with van der Waals surface area (Å²) in [7, 11) is 0. The number of ether oxygens (including phenoxy) is 1. The minimum atomic E-state index is 0.135. The molecule has 1 fully saturated rings. The zero-order chi connectivity index (χ0) is 18.4. The smallest absolute Gasteiger partial charge is 0.223 e. The van der Waals surface area contributed by atoms with Gasteiger partial charge in [-0.3, -0.25) is 14.7 Å². The van der Waals surface area contributed by atoms with Crippen LogP contribution in [0.3, 0.4) is 0 Å². The predicted octanol–water partition coefficient (Wildman–Crippen LogP) is 3.61. The van der Waals surface area contributed by atoms with E-state index in [4.69, 9.17) is 4.74 Å². The van der Waals surface area contributed by atoms with Crippen LogP contribution in [0.15, 0.2) is 48.8 Å². The number of hydrogen-bond acceptors (Lipinski definition) is 4. The van der Waals surface area contributed by atoms with E-state index in [9.17, 15) is 4.79 Å². The van der Waals surface area contributed by atoms with E-state index in [0.717, 1.165) is 49.5 Å². The molecule has 5 nitrogen and oxygen atoms in total. The molecule has 0 bridgehead atoms. The van der Waals surface area contributed by atoms with Crippen LogP contribution in [-0.4, -0.2) is 34.9 Å². The molecule has 26 heavy (non-hydrogen) atoms. The van der Waals surface area contributed by atoms with Crippen LogP contribution in [-0.2, 0) is 11.3 Å². The minimum absolute atomic E-state index is 0.135. The van der Waals surface area contributed by atoms with Gasteiger partial charge in [0.2, 0.25) is 5.91 Å². The molecular formula is C21H27N3O2.